The van der Waals surface area contributed by atoms with Crippen molar-refractivity contribution >= 4 is 39.0 Å². The molecule has 0 aliphatic carbocycles. The predicted molar refractivity (Wildman–Crippen MR) is 125 cm³/mol. The first kappa shape index (κ1) is 23.5. The Balaban J connectivity index is 1.72. The van der Waals surface area contributed by atoms with E-state index < -0.39 is 5.78 Å². The first-order valence-corrected chi connectivity index (χ1v) is 11.0. The van der Waals surface area contributed by atoms with Crippen molar-refractivity contribution in [3.8, 4) is 6.07 Å². The maximum atomic E-state index is 14.1. The zero-order valence-electron chi connectivity index (χ0n) is 18.2. The van der Waals surface area contributed by atoms with Gasteiger partial charge in [-0.3, -0.25) is 9.59 Å². The number of ketones is 1. The Kier molecular flexibility index (Phi) is 7.31. The summed E-state index contributed by atoms with van der Waals surface area (Å²) in [7, 11) is 3.61. The van der Waals surface area contributed by atoms with Gasteiger partial charge in [-0.15, -0.1) is 0 Å². The molecule has 0 radical (unpaired) electrons. The highest BCUT2D eigenvalue weighted by Crippen LogP contribution is 2.40. The molecule has 1 aliphatic rings. The van der Waals surface area contributed by atoms with Gasteiger partial charge in [-0.1, -0.05) is 28.1 Å². The Morgan fingerprint density at radius 2 is 1.72 bits per heavy atom. The smallest absolute Gasteiger partial charge is 0.223 e. The van der Waals surface area contributed by atoms with Crippen molar-refractivity contribution in [2.24, 2.45) is 0 Å². The molecular formula is C24H24BrFN4O2. The van der Waals surface area contributed by atoms with Crippen LogP contribution in [0.5, 0.6) is 0 Å². The first-order chi connectivity index (χ1) is 15.3. The molecule has 2 aromatic carbocycles. The fourth-order valence-corrected chi connectivity index (χ4v) is 4.22. The largest absolute Gasteiger partial charge is 0.339 e. The van der Waals surface area contributed by atoms with Crippen LogP contribution < -0.4 is 9.80 Å². The molecule has 8 heteroatoms. The first-order valence-electron chi connectivity index (χ1n) is 10.2. The quantitative estimate of drug-likeness (QED) is 0.411. The molecule has 166 valence electrons. The van der Waals surface area contributed by atoms with Gasteiger partial charge in [0.2, 0.25) is 5.91 Å². The summed E-state index contributed by atoms with van der Waals surface area (Å²) >= 11 is 3.31. The molecule has 1 heterocycles. The van der Waals surface area contributed by atoms with Crippen LogP contribution in [0, 0.1) is 17.1 Å². The van der Waals surface area contributed by atoms with Crippen molar-refractivity contribution in [1.29, 1.82) is 5.26 Å². The Morgan fingerprint density at radius 1 is 1.09 bits per heavy atom. The maximum Gasteiger partial charge on any atom is 0.223 e. The van der Waals surface area contributed by atoms with Crippen molar-refractivity contribution in [2.45, 2.75) is 26.3 Å². The zero-order valence-corrected chi connectivity index (χ0v) is 19.8. The lowest BCUT2D eigenvalue weighted by Crippen LogP contribution is -2.31. The van der Waals surface area contributed by atoms with Gasteiger partial charge >= 0.3 is 0 Å². The molecule has 0 saturated heterocycles. The van der Waals surface area contributed by atoms with E-state index in [-0.39, 0.29) is 36.7 Å². The second kappa shape index (κ2) is 9.96. The number of carbonyl (C=O) groups is 2. The van der Waals surface area contributed by atoms with Crippen LogP contribution in [0.15, 0.2) is 58.3 Å². The van der Waals surface area contributed by atoms with Gasteiger partial charge in [-0.2, -0.15) is 5.26 Å². The fourth-order valence-electron chi connectivity index (χ4n) is 3.81. The number of fused-ring (bicyclic) bond motifs is 1. The predicted octanol–water partition coefficient (Wildman–Crippen LogP) is 4.61. The second-order valence-electron chi connectivity index (χ2n) is 7.48. The molecule has 2 aromatic rings. The molecule has 3 rings (SSSR count). The Morgan fingerprint density at radius 3 is 2.28 bits per heavy atom. The molecule has 0 unspecified atom stereocenters. The standard InChI is InChI=1S/C24H24BrFN4O2/c1-4-30(15-16-13-17(25)9-10-19(16)26)23(32)12-11-22(31)18(14-27)24-28(2)20-7-5-6-8-21(20)29(24)3/h5-10,13H,4,11-12,15H2,1-3H3. The number of nitrogens with zero attached hydrogens (tertiary/aromatic N) is 4. The second-order valence-corrected chi connectivity index (χ2v) is 8.40. The fraction of sp³-hybridized carbons (Fsp3) is 0.292. The van der Waals surface area contributed by atoms with Crippen LogP contribution >= 0.6 is 15.9 Å². The van der Waals surface area contributed by atoms with Crippen LogP contribution in [0.25, 0.3) is 0 Å². The molecule has 1 aliphatic heterocycles. The lowest BCUT2D eigenvalue weighted by molar-refractivity contribution is -0.133. The third-order valence-electron chi connectivity index (χ3n) is 5.52. The third-order valence-corrected chi connectivity index (χ3v) is 6.02. The molecule has 32 heavy (non-hydrogen) atoms. The van der Waals surface area contributed by atoms with Gasteiger partial charge in [-0.25, -0.2) is 4.39 Å². The number of benzene rings is 2. The minimum absolute atomic E-state index is 0.0140. The van der Waals surface area contributed by atoms with E-state index in [2.05, 4.69) is 15.9 Å². The van der Waals surface area contributed by atoms with E-state index in [1.165, 1.54) is 11.0 Å². The van der Waals surface area contributed by atoms with Gasteiger partial charge < -0.3 is 14.7 Å². The van der Waals surface area contributed by atoms with Crippen LogP contribution in [0.2, 0.25) is 0 Å². The van der Waals surface area contributed by atoms with Crippen LogP contribution in [-0.4, -0.2) is 37.2 Å². The molecule has 0 N–H and O–H groups in total. The van der Waals surface area contributed by atoms with E-state index in [1.807, 2.05) is 40.1 Å². The van der Waals surface area contributed by atoms with Gasteiger partial charge in [0.15, 0.2) is 5.78 Å². The number of hydrogen-bond donors (Lipinski definition) is 0. The number of amides is 1. The molecule has 0 bridgehead atoms. The van der Waals surface area contributed by atoms with Crippen molar-refractivity contribution in [1.82, 2.24) is 4.90 Å². The molecule has 0 atom stereocenters. The molecule has 1 amide bonds. The van der Waals surface area contributed by atoms with E-state index >= 15 is 0 Å². The number of hydrogen-bond acceptors (Lipinski definition) is 5. The lowest BCUT2D eigenvalue weighted by Gasteiger charge is -2.22. The monoisotopic (exact) mass is 498 g/mol. The van der Waals surface area contributed by atoms with Gasteiger partial charge in [0.25, 0.3) is 0 Å². The highest BCUT2D eigenvalue weighted by atomic mass is 79.9. The van der Waals surface area contributed by atoms with Crippen LogP contribution in [0.1, 0.15) is 25.3 Å². The number of Topliss-reactive ketones (excluding diaryl/α,β-unsaturated/α-hetero) is 1. The Hall–Kier alpha value is -3.18. The highest BCUT2D eigenvalue weighted by molar-refractivity contribution is 9.10. The van der Waals surface area contributed by atoms with Crippen molar-refractivity contribution in [3.05, 3.63) is 69.7 Å². The van der Waals surface area contributed by atoms with Gasteiger partial charge in [0, 0.05) is 50.1 Å². The van der Waals surface area contributed by atoms with E-state index in [4.69, 9.17) is 0 Å². The maximum absolute atomic E-state index is 14.1. The van der Waals surface area contributed by atoms with Gasteiger partial charge in [-0.05, 0) is 37.3 Å². The molecule has 0 fully saturated rings. The summed E-state index contributed by atoms with van der Waals surface area (Å²) in [6.45, 7) is 2.30. The minimum Gasteiger partial charge on any atom is -0.339 e. The average molecular weight is 499 g/mol. The summed E-state index contributed by atoms with van der Waals surface area (Å²) in [5, 5.41) is 9.72. The number of para-hydroxylation sites is 2. The summed E-state index contributed by atoms with van der Waals surface area (Å²) in [5.41, 5.74) is 2.21. The van der Waals surface area contributed by atoms with Gasteiger partial charge in [0.05, 0.1) is 11.4 Å². The van der Waals surface area contributed by atoms with Crippen molar-refractivity contribution in [2.75, 3.05) is 30.4 Å². The molecule has 0 spiro atoms. The van der Waals surface area contributed by atoms with E-state index in [0.29, 0.717) is 17.9 Å². The van der Waals surface area contributed by atoms with Crippen molar-refractivity contribution in [3.63, 3.8) is 0 Å². The topological polar surface area (TPSA) is 67.6 Å². The highest BCUT2D eigenvalue weighted by Gasteiger charge is 2.31. The third kappa shape index (κ3) is 4.68. The molecule has 0 saturated carbocycles. The van der Waals surface area contributed by atoms with Gasteiger partial charge in [0.1, 0.15) is 23.3 Å². The van der Waals surface area contributed by atoms with Crippen molar-refractivity contribution < 1.29 is 14.0 Å². The number of halogens is 2. The summed E-state index contributed by atoms with van der Waals surface area (Å²) in [4.78, 5) is 30.8. The number of nitriles is 1. The lowest BCUT2D eigenvalue weighted by atomic mass is 10.1. The molecule has 6 nitrogen and oxygen atoms in total. The number of allylic oxidation sites excluding steroid dienone is 1. The van der Waals surface area contributed by atoms with E-state index in [9.17, 15) is 19.2 Å². The number of rotatable bonds is 7. The Labute approximate surface area is 195 Å². The van der Waals surface area contributed by atoms with Crippen LogP contribution in [-0.2, 0) is 16.1 Å². The summed E-state index contributed by atoms with van der Waals surface area (Å²) in [5.74, 6) is -0.556. The number of carbonyl (C=O) groups excluding carboxylic acids is 2. The molecule has 0 aromatic heterocycles. The zero-order chi connectivity index (χ0) is 23.4. The summed E-state index contributed by atoms with van der Waals surface area (Å²) in [6.07, 6.45) is -0.151. The average Bonchev–Trinajstić information content (AvgIpc) is 3.04. The molecular weight excluding hydrogens is 475 g/mol. The summed E-state index contributed by atoms with van der Waals surface area (Å²) < 4.78 is 14.8. The SMILES string of the molecule is CCN(Cc1cc(Br)ccc1F)C(=O)CCC(=O)C(C#N)=C1N(C)c2ccccc2N1C. The minimum atomic E-state index is -0.396. The summed E-state index contributed by atoms with van der Waals surface area (Å²) in [6, 6.07) is 14.2. The van der Waals surface area contributed by atoms with Crippen LogP contribution in [0.4, 0.5) is 15.8 Å². The number of anilines is 2. The van der Waals surface area contributed by atoms with E-state index in [1.54, 1.807) is 33.2 Å². The Bertz CT molecular complexity index is 1090. The van der Waals surface area contributed by atoms with E-state index in [0.717, 1.165) is 15.8 Å². The van der Waals surface area contributed by atoms with Crippen LogP contribution in [0.3, 0.4) is 0 Å². The normalized spacial score (nSPS) is 12.4.